The normalized spacial score (nSPS) is 13.6. The van der Waals surface area contributed by atoms with Crippen molar-refractivity contribution in [1.29, 1.82) is 0 Å². The van der Waals surface area contributed by atoms with Crippen molar-refractivity contribution in [3.8, 4) is 0 Å². The van der Waals surface area contributed by atoms with E-state index in [1.54, 1.807) is 12.2 Å². The molecule has 1 amide bonds. The van der Waals surface area contributed by atoms with Crippen LogP contribution >= 0.6 is 22.9 Å². The van der Waals surface area contributed by atoms with E-state index in [2.05, 4.69) is 9.72 Å². The molecule has 1 aromatic carbocycles. The third-order valence-corrected chi connectivity index (χ3v) is 4.37. The van der Waals surface area contributed by atoms with Gasteiger partial charge in [-0.15, -0.1) is 11.3 Å². The third-order valence-electron chi connectivity index (χ3n) is 3.24. The van der Waals surface area contributed by atoms with Crippen molar-refractivity contribution in [1.82, 2.24) is 10.3 Å². The molecule has 6 nitrogen and oxygen atoms in total. The van der Waals surface area contributed by atoms with Crippen LogP contribution in [0.2, 0.25) is 5.02 Å². The van der Waals surface area contributed by atoms with Gasteiger partial charge in [-0.05, 0) is 31.2 Å². The fraction of sp³-hybridized carbons (Fsp3) is 0.267. The van der Waals surface area contributed by atoms with Crippen LogP contribution in [0.5, 0.6) is 0 Å². The summed E-state index contributed by atoms with van der Waals surface area (Å²) in [7, 11) is 0.784. The van der Waals surface area contributed by atoms with Crippen molar-refractivity contribution in [3.63, 3.8) is 0 Å². The molecule has 0 fully saturated rings. The van der Waals surface area contributed by atoms with Gasteiger partial charge in [0.1, 0.15) is 0 Å². The summed E-state index contributed by atoms with van der Waals surface area (Å²) in [4.78, 5) is 28.2. The average molecular weight is 408 g/mol. The van der Waals surface area contributed by atoms with Gasteiger partial charge in [0.2, 0.25) is 0 Å². The molecule has 0 bridgehead atoms. The second-order valence-corrected chi connectivity index (χ2v) is 6.41. The molecule has 0 unspecified atom stereocenters. The molecular weight excluding hydrogens is 395 g/mol. The van der Waals surface area contributed by atoms with Crippen LogP contribution in [0.25, 0.3) is 0 Å². The topological polar surface area (TPSA) is 80.3 Å². The second-order valence-electron chi connectivity index (χ2n) is 5.12. The number of amides is 1. The van der Waals surface area contributed by atoms with E-state index in [1.807, 2.05) is 5.32 Å². The first-order valence-corrected chi connectivity index (χ1v) is 8.28. The Morgan fingerprint density at radius 3 is 2.31 bits per heavy atom. The number of rotatable bonds is 5. The largest absolute Gasteiger partial charge is 0.466 e. The Bertz CT molecular complexity index is 810. The molecule has 1 heterocycles. The fourth-order valence-corrected chi connectivity index (χ4v) is 2.83. The smallest absolute Gasteiger partial charge is 0.442 e. The zero-order valence-corrected chi connectivity index (χ0v) is 15.1. The monoisotopic (exact) mass is 407 g/mol. The highest BCUT2D eigenvalue weighted by Gasteiger charge is 2.64. The van der Waals surface area contributed by atoms with Crippen LogP contribution in [0, 0.1) is 6.92 Å². The Morgan fingerprint density at radius 1 is 1.23 bits per heavy atom. The van der Waals surface area contributed by atoms with Gasteiger partial charge in [0.15, 0.2) is 5.13 Å². The summed E-state index contributed by atoms with van der Waals surface area (Å²) in [6, 6.07) is 5.12. The van der Waals surface area contributed by atoms with Crippen LogP contribution in [-0.2, 0) is 9.53 Å². The van der Waals surface area contributed by atoms with E-state index in [-0.39, 0.29) is 10.7 Å². The number of hydrogen-bond acceptors (Lipinski definition) is 6. The van der Waals surface area contributed by atoms with Gasteiger partial charge in [0, 0.05) is 16.0 Å². The molecule has 1 aromatic heterocycles. The molecular formula is C15H13ClF3N3O3S. The number of halogens is 4. The molecule has 2 N–H and O–H groups in total. The van der Waals surface area contributed by atoms with E-state index in [0.29, 0.717) is 10.7 Å². The lowest BCUT2D eigenvalue weighted by Gasteiger charge is -2.34. The maximum Gasteiger partial charge on any atom is 0.442 e. The van der Waals surface area contributed by atoms with Crippen LogP contribution in [-0.4, -0.2) is 35.8 Å². The summed E-state index contributed by atoms with van der Waals surface area (Å²) in [6.07, 6.45) is -5.22. The van der Waals surface area contributed by atoms with Gasteiger partial charge in [0.05, 0.1) is 12.8 Å². The number of thiazole rings is 1. The number of methoxy groups -OCH3 is 1. The molecule has 11 heteroatoms. The van der Waals surface area contributed by atoms with Crippen molar-refractivity contribution in [2.75, 3.05) is 12.4 Å². The van der Waals surface area contributed by atoms with Gasteiger partial charge in [0.25, 0.3) is 5.91 Å². The van der Waals surface area contributed by atoms with Crippen LogP contribution < -0.4 is 10.6 Å². The fourth-order valence-electron chi connectivity index (χ4n) is 1.96. The molecule has 1 atom stereocenters. The summed E-state index contributed by atoms with van der Waals surface area (Å²) >= 11 is 6.55. The number of anilines is 1. The lowest BCUT2D eigenvalue weighted by atomic mass is 10.1. The molecule has 26 heavy (non-hydrogen) atoms. The molecule has 0 aliphatic rings. The lowest BCUT2D eigenvalue weighted by molar-refractivity contribution is -0.203. The molecule has 2 aromatic rings. The third kappa shape index (κ3) is 4.07. The number of esters is 1. The number of nitrogens with zero attached hydrogens (tertiary/aromatic N) is 1. The Morgan fingerprint density at radius 2 is 1.85 bits per heavy atom. The highest BCUT2D eigenvalue weighted by molar-refractivity contribution is 7.13. The number of benzene rings is 1. The van der Waals surface area contributed by atoms with E-state index in [1.165, 1.54) is 29.6 Å². The van der Waals surface area contributed by atoms with E-state index < -0.39 is 23.7 Å². The van der Waals surface area contributed by atoms with Gasteiger partial charge >= 0.3 is 17.8 Å². The van der Waals surface area contributed by atoms with Gasteiger partial charge in [-0.3, -0.25) is 4.79 Å². The predicted octanol–water partition coefficient (Wildman–Crippen LogP) is 3.38. The van der Waals surface area contributed by atoms with Gasteiger partial charge < -0.3 is 15.4 Å². The van der Waals surface area contributed by atoms with E-state index >= 15 is 0 Å². The summed E-state index contributed by atoms with van der Waals surface area (Å²) in [5.41, 5.74) is -3.19. The Kier molecular flexibility index (Phi) is 5.77. The van der Waals surface area contributed by atoms with Crippen molar-refractivity contribution in [2.24, 2.45) is 0 Å². The molecule has 140 valence electrons. The van der Waals surface area contributed by atoms with Crippen LogP contribution in [0.4, 0.5) is 18.3 Å². The number of hydrogen-bond donors (Lipinski definition) is 2. The first-order valence-electron chi connectivity index (χ1n) is 7.02. The number of aryl methyl sites for hydroxylation is 1. The first kappa shape index (κ1) is 20.0. The van der Waals surface area contributed by atoms with Crippen molar-refractivity contribution in [3.05, 3.63) is 45.9 Å². The lowest BCUT2D eigenvalue weighted by Crippen LogP contribution is -2.69. The number of carbonyl (C=O) groups is 2. The summed E-state index contributed by atoms with van der Waals surface area (Å²) in [6.45, 7) is 1.57. The van der Waals surface area contributed by atoms with E-state index in [9.17, 15) is 22.8 Å². The van der Waals surface area contributed by atoms with Gasteiger partial charge in [-0.2, -0.15) is 13.2 Å². The number of nitrogens with one attached hydrogen (secondary N) is 2. The number of aromatic nitrogens is 1. The molecule has 0 saturated heterocycles. The molecule has 0 aliphatic heterocycles. The minimum absolute atomic E-state index is 0.121. The summed E-state index contributed by atoms with van der Waals surface area (Å²) in [5, 5.41) is 5.23. The molecule has 0 aliphatic carbocycles. The zero-order valence-electron chi connectivity index (χ0n) is 13.5. The predicted molar refractivity (Wildman–Crippen MR) is 90.2 cm³/mol. The minimum Gasteiger partial charge on any atom is -0.466 e. The summed E-state index contributed by atoms with van der Waals surface area (Å²) < 4.78 is 45.8. The number of carbonyl (C=O) groups excluding carboxylic acids is 2. The van der Waals surface area contributed by atoms with Gasteiger partial charge in [-0.25, -0.2) is 9.78 Å². The quantitative estimate of drug-likeness (QED) is 0.586. The zero-order chi connectivity index (χ0) is 19.5. The van der Waals surface area contributed by atoms with Crippen LogP contribution in [0.3, 0.4) is 0 Å². The Balaban J connectivity index is 2.45. The van der Waals surface area contributed by atoms with E-state index in [0.717, 1.165) is 18.4 Å². The maximum absolute atomic E-state index is 13.8. The SMILES string of the molecule is COC(=O)[C@@](NC(=O)c1ccc(Cl)cc1)(Nc1nc(C)cs1)C(F)(F)F. The van der Waals surface area contributed by atoms with Crippen LogP contribution in [0.15, 0.2) is 29.6 Å². The first-order chi connectivity index (χ1) is 12.1. The number of alkyl halides is 3. The van der Waals surface area contributed by atoms with Crippen molar-refractivity contribution < 1.29 is 27.5 Å². The van der Waals surface area contributed by atoms with E-state index in [4.69, 9.17) is 11.6 Å². The standard InChI is InChI=1S/C15H13ClF3N3O3S/c1-8-7-26-13(20-8)22-14(12(24)25-2,15(17,18)19)21-11(23)9-3-5-10(16)6-4-9/h3-7H,1-2H3,(H,20,22)(H,21,23)/t14-/m1/s1. The van der Waals surface area contributed by atoms with Gasteiger partial charge in [-0.1, -0.05) is 11.6 Å². The minimum atomic E-state index is -5.22. The highest BCUT2D eigenvalue weighted by Crippen LogP contribution is 2.34. The maximum atomic E-state index is 13.8. The Labute approximate surface area is 155 Å². The van der Waals surface area contributed by atoms with Crippen molar-refractivity contribution in [2.45, 2.75) is 18.8 Å². The molecule has 2 rings (SSSR count). The highest BCUT2D eigenvalue weighted by atomic mass is 35.5. The van der Waals surface area contributed by atoms with Crippen molar-refractivity contribution >= 4 is 39.9 Å². The van der Waals surface area contributed by atoms with Crippen LogP contribution in [0.1, 0.15) is 16.1 Å². The molecule has 0 spiro atoms. The second kappa shape index (κ2) is 7.50. The number of ether oxygens (including phenoxy) is 1. The average Bonchev–Trinajstić information content (AvgIpc) is 2.97. The molecule has 0 saturated carbocycles. The summed E-state index contributed by atoms with van der Waals surface area (Å²) in [5.74, 6) is -2.88. The Hall–Kier alpha value is -2.33. The molecule has 0 radical (unpaired) electrons.